The molecule has 1 N–H and O–H groups in total. The van der Waals surface area contributed by atoms with Crippen LogP contribution in [0.4, 0.5) is 10.5 Å². The molecule has 122 valence electrons. The molecule has 1 aromatic rings. The lowest BCUT2D eigenvalue weighted by molar-refractivity contribution is -0.385. The summed E-state index contributed by atoms with van der Waals surface area (Å²) in [5.41, 5.74) is -0.948. The minimum Gasteiger partial charge on any atom is -0.467 e. The van der Waals surface area contributed by atoms with E-state index in [2.05, 4.69) is 15.2 Å². The number of nitrogens with one attached hydrogen (secondary N) is 1. The van der Waals surface area contributed by atoms with Gasteiger partial charge >= 0.3 is 17.7 Å². The van der Waals surface area contributed by atoms with Crippen molar-refractivity contribution in [3.63, 3.8) is 0 Å². The van der Waals surface area contributed by atoms with Crippen molar-refractivity contribution in [3.05, 3.63) is 22.5 Å². The zero-order chi connectivity index (χ0) is 16.9. The molecule has 10 nitrogen and oxygen atoms in total. The highest BCUT2D eigenvalue weighted by Gasteiger charge is 2.26. The van der Waals surface area contributed by atoms with E-state index in [1.54, 1.807) is 20.8 Å². The van der Waals surface area contributed by atoms with Gasteiger partial charge in [-0.1, -0.05) is 0 Å². The Morgan fingerprint density at radius 2 is 2.14 bits per heavy atom. The molecule has 0 spiro atoms. The Labute approximate surface area is 126 Å². The van der Waals surface area contributed by atoms with Crippen LogP contribution in [0.5, 0.6) is 0 Å². The molecule has 0 unspecified atom stereocenters. The summed E-state index contributed by atoms with van der Waals surface area (Å²) in [6, 6.07) is -1.08. The van der Waals surface area contributed by atoms with Crippen LogP contribution in [0, 0.1) is 10.1 Å². The van der Waals surface area contributed by atoms with Gasteiger partial charge in [0.25, 0.3) is 0 Å². The molecule has 0 aliphatic carbocycles. The highest BCUT2D eigenvalue weighted by Crippen LogP contribution is 2.10. The summed E-state index contributed by atoms with van der Waals surface area (Å²) in [7, 11) is 1.16. The van der Waals surface area contributed by atoms with E-state index in [0.29, 0.717) is 0 Å². The number of carbonyl (C=O) groups is 2. The molecular formula is C12H18N4O6. The van der Waals surface area contributed by atoms with Gasteiger partial charge < -0.3 is 14.8 Å². The Bertz CT molecular complexity index is 562. The van der Waals surface area contributed by atoms with E-state index in [9.17, 15) is 19.7 Å². The maximum Gasteiger partial charge on any atom is 0.408 e. The molecule has 0 radical (unpaired) electrons. The standard InChI is InChI=1S/C12H18N4O6/c1-12(2,3)22-11(18)14-9(10(17)21-4)7-15-6-8(5-13-15)16(19)20/h5-6,9H,7H2,1-4H3,(H,14,18)/t9-/m0/s1. The largest absolute Gasteiger partial charge is 0.467 e. The quantitative estimate of drug-likeness (QED) is 0.485. The van der Waals surface area contributed by atoms with E-state index in [1.165, 1.54) is 0 Å². The predicted molar refractivity (Wildman–Crippen MR) is 74.1 cm³/mol. The number of aromatic nitrogens is 2. The van der Waals surface area contributed by atoms with E-state index in [0.717, 1.165) is 24.2 Å². The molecule has 0 aliphatic heterocycles. The van der Waals surface area contributed by atoms with Crippen LogP contribution >= 0.6 is 0 Å². The molecule has 1 aromatic heterocycles. The first-order valence-corrected chi connectivity index (χ1v) is 6.36. The Morgan fingerprint density at radius 1 is 1.50 bits per heavy atom. The van der Waals surface area contributed by atoms with Gasteiger partial charge in [-0.2, -0.15) is 5.10 Å². The van der Waals surface area contributed by atoms with Crippen LogP contribution in [0.2, 0.25) is 0 Å². The van der Waals surface area contributed by atoms with Crippen molar-refractivity contribution in [2.45, 2.75) is 39.0 Å². The summed E-state index contributed by atoms with van der Waals surface area (Å²) < 4.78 is 10.8. The second kappa shape index (κ2) is 6.87. The van der Waals surface area contributed by atoms with Crippen molar-refractivity contribution in [1.82, 2.24) is 15.1 Å². The van der Waals surface area contributed by atoms with Crippen molar-refractivity contribution in [3.8, 4) is 0 Å². The third kappa shape index (κ3) is 5.38. The lowest BCUT2D eigenvalue weighted by atomic mass is 10.2. The van der Waals surface area contributed by atoms with Gasteiger partial charge in [-0.05, 0) is 20.8 Å². The summed E-state index contributed by atoms with van der Waals surface area (Å²) in [5, 5.41) is 16.7. The molecule has 0 aliphatic rings. The van der Waals surface area contributed by atoms with Crippen molar-refractivity contribution in [2.24, 2.45) is 0 Å². The van der Waals surface area contributed by atoms with Gasteiger partial charge in [-0.25, -0.2) is 9.59 Å². The third-order valence-corrected chi connectivity index (χ3v) is 2.38. The van der Waals surface area contributed by atoms with Crippen LogP contribution < -0.4 is 5.32 Å². The van der Waals surface area contributed by atoms with E-state index in [4.69, 9.17) is 4.74 Å². The van der Waals surface area contributed by atoms with Gasteiger partial charge in [0.15, 0.2) is 0 Å². The van der Waals surface area contributed by atoms with Crippen LogP contribution in [-0.4, -0.2) is 45.5 Å². The fraction of sp³-hybridized carbons (Fsp3) is 0.583. The number of amides is 1. The summed E-state index contributed by atoms with van der Waals surface area (Å²) in [6.45, 7) is 4.91. The second-order valence-corrected chi connectivity index (χ2v) is 5.40. The van der Waals surface area contributed by atoms with Gasteiger partial charge in [-0.15, -0.1) is 0 Å². The van der Waals surface area contributed by atoms with Crippen LogP contribution in [0.25, 0.3) is 0 Å². The number of esters is 1. The topological polar surface area (TPSA) is 126 Å². The maximum atomic E-state index is 11.7. The summed E-state index contributed by atoms with van der Waals surface area (Å²) in [6.07, 6.45) is 1.39. The van der Waals surface area contributed by atoms with Gasteiger partial charge in [-0.3, -0.25) is 14.8 Å². The Kier molecular flexibility index (Phi) is 5.44. The molecule has 0 saturated heterocycles. The minimum absolute atomic E-state index is 0.125. The molecule has 0 bridgehead atoms. The summed E-state index contributed by atoms with van der Waals surface area (Å²) >= 11 is 0. The first-order chi connectivity index (χ1) is 10.1. The zero-order valence-electron chi connectivity index (χ0n) is 12.7. The predicted octanol–water partition coefficient (Wildman–Crippen LogP) is 0.858. The lowest BCUT2D eigenvalue weighted by Crippen LogP contribution is -2.46. The van der Waals surface area contributed by atoms with Crippen molar-refractivity contribution < 1.29 is 24.0 Å². The molecule has 1 rings (SSSR count). The van der Waals surface area contributed by atoms with E-state index >= 15 is 0 Å². The Morgan fingerprint density at radius 3 is 2.59 bits per heavy atom. The fourth-order valence-electron chi connectivity index (χ4n) is 1.51. The first kappa shape index (κ1) is 17.4. The second-order valence-electron chi connectivity index (χ2n) is 5.40. The van der Waals surface area contributed by atoms with Gasteiger partial charge in [0.05, 0.1) is 18.6 Å². The normalized spacial score (nSPS) is 12.4. The molecule has 1 heterocycles. The van der Waals surface area contributed by atoms with E-state index < -0.39 is 28.6 Å². The average molecular weight is 314 g/mol. The fourth-order valence-corrected chi connectivity index (χ4v) is 1.51. The molecule has 1 amide bonds. The monoisotopic (exact) mass is 314 g/mol. The molecule has 10 heteroatoms. The molecule has 1 atom stereocenters. The highest BCUT2D eigenvalue weighted by molar-refractivity contribution is 5.81. The number of methoxy groups -OCH3 is 1. The van der Waals surface area contributed by atoms with Gasteiger partial charge in [0.2, 0.25) is 0 Å². The number of carbonyl (C=O) groups excluding carboxylic acids is 2. The molecule has 22 heavy (non-hydrogen) atoms. The van der Waals surface area contributed by atoms with Gasteiger partial charge in [0, 0.05) is 0 Å². The van der Waals surface area contributed by atoms with Gasteiger partial charge in [0.1, 0.15) is 24.0 Å². The van der Waals surface area contributed by atoms with Crippen LogP contribution in [0.1, 0.15) is 20.8 Å². The molecule has 0 aromatic carbocycles. The number of ether oxygens (including phenoxy) is 2. The Hall–Kier alpha value is -2.65. The number of rotatable bonds is 5. The summed E-state index contributed by atoms with van der Waals surface area (Å²) in [5.74, 6) is -0.719. The van der Waals surface area contributed by atoms with Crippen molar-refractivity contribution >= 4 is 17.7 Å². The van der Waals surface area contributed by atoms with Crippen LogP contribution in [0.15, 0.2) is 12.4 Å². The number of alkyl carbamates (subject to hydrolysis) is 1. The number of nitro groups is 1. The highest BCUT2D eigenvalue weighted by atomic mass is 16.6. The summed E-state index contributed by atoms with van der Waals surface area (Å²) in [4.78, 5) is 33.4. The number of nitrogens with zero attached hydrogens (tertiary/aromatic N) is 3. The first-order valence-electron chi connectivity index (χ1n) is 6.36. The lowest BCUT2D eigenvalue weighted by Gasteiger charge is -2.22. The smallest absolute Gasteiger partial charge is 0.408 e. The Balaban J connectivity index is 2.78. The molecule has 0 fully saturated rings. The van der Waals surface area contributed by atoms with Crippen molar-refractivity contribution in [2.75, 3.05) is 7.11 Å². The number of hydrogen-bond donors (Lipinski definition) is 1. The third-order valence-electron chi connectivity index (χ3n) is 2.38. The minimum atomic E-state index is -1.08. The average Bonchev–Trinajstić information content (AvgIpc) is 2.83. The zero-order valence-corrected chi connectivity index (χ0v) is 12.7. The maximum absolute atomic E-state index is 11.7. The number of hydrogen-bond acceptors (Lipinski definition) is 7. The molecule has 0 saturated carbocycles. The van der Waals surface area contributed by atoms with Crippen LogP contribution in [0.3, 0.4) is 0 Å². The van der Waals surface area contributed by atoms with E-state index in [1.807, 2.05) is 0 Å². The van der Waals surface area contributed by atoms with Crippen LogP contribution in [-0.2, 0) is 20.8 Å². The van der Waals surface area contributed by atoms with Crippen molar-refractivity contribution in [1.29, 1.82) is 0 Å². The molecular weight excluding hydrogens is 296 g/mol. The SMILES string of the molecule is COC(=O)[C@H](Cn1cc([N+](=O)[O-])cn1)NC(=O)OC(C)(C)C. The van der Waals surface area contributed by atoms with E-state index in [-0.39, 0.29) is 12.2 Å².